The fourth-order valence-corrected chi connectivity index (χ4v) is 1.86. The molecule has 0 radical (unpaired) electrons. The number of hydrogen-bond donors (Lipinski definition) is 2. The molecule has 1 amide bonds. The first-order valence-corrected chi connectivity index (χ1v) is 6.14. The molecule has 6 heteroatoms. The summed E-state index contributed by atoms with van der Waals surface area (Å²) >= 11 is 0. The number of carbonyl (C=O) groups excluding carboxylic acids is 1. The molecule has 2 aromatic heterocycles. The molecule has 0 aliphatic carbocycles. The van der Waals surface area contributed by atoms with E-state index in [0.717, 1.165) is 22.3 Å². The predicted octanol–water partition coefficient (Wildman–Crippen LogP) is 0.630. The third-order valence-corrected chi connectivity index (χ3v) is 3.27. The average molecular weight is 261 g/mol. The van der Waals surface area contributed by atoms with E-state index in [1.807, 2.05) is 20.0 Å². The van der Waals surface area contributed by atoms with Gasteiger partial charge in [-0.15, -0.1) is 0 Å². The van der Waals surface area contributed by atoms with Crippen molar-refractivity contribution in [1.29, 1.82) is 0 Å². The monoisotopic (exact) mass is 261 g/mol. The van der Waals surface area contributed by atoms with Crippen molar-refractivity contribution in [3.8, 4) is 0 Å². The number of hydrogen-bond acceptors (Lipinski definition) is 4. The quantitative estimate of drug-likeness (QED) is 0.845. The molecule has 102 valence electrons. The Morgan fingerprint density at radius 1 is 1.53 bits per heavy atom. The Morgan fingerprint density at radius 2 is 2.21 bits per heavy atom. The van der Waals surface area contributed by atoms with Gasteiger partial charge in [0.05, 0.1) is 11.2 Å². The van der Waals surface area contributed by atoms with Gasteiger partial charge in [0.1, 0.15) is 0 Å². The van der Waals surface area contributed by atoms with E-state index >= 15 is 0 Å². The maximum absolute atomic E-state index is 11.2. The van der Waals surface area contributed by atoms with Crippen molar-refractivity contribution in [3.05, 3.63) is 23.5 Å². The maximum Gasteiger partial charge on any atom is 0.237 e. The predicted molar refractivity (Wildman–Crippen MR) is 73.4 cm³/mol. The molecule has 0 unspecified atom stereocenters. The molecule has 0 bridgehead atoms. The van der Waals surface area contributed by atoms with Crippen LogP contribution in [-0.2, 0) is 18.4 Å². The van der Waals surface area contributed by atoms with Gasteiger partial charge >= 0.3 is 0 Å². The zero-order valence-corrected chi connectivity index (χ0v) is 11.7. The first-order chi connectivity index (χ1) is 8.81. The van der Waals surface area contributed by atoms with E-state index in [1.165, 1.54) is 0 Å². The van der Waals surface area contributed by atoms with E-state index in [0.29, 0.717) is 6.54 Å². The molecule has 0 spiro atoms. The Labute approximate surface area is 112 Å². The van der Waals surface area contributed by atoms with E-state index in [2.05, 4.69) is 15.4 Å². The highest BCUT2D eigenvalue weighted by atomic mass is 16.1. The molecule has 2 rings (SSSR count). The molecule has 0 aromatic carbocycles. The minimum absolute atomic E-state index is 0.376. The van der Waals surface area contributed by atoms with Gasteiger partial charge in [0.15, 0.2) is 5.65 Å². The number of primary amides is 1. The van der Waals surface area contributed by atoms with Gasteiger partial charge < -0.3 is 5.73 Å². The Balaban J connectivity index is 2.23. The van der Waals surface area contributed by atoms with Gasteiger partial charge in [-0.3, -0.25) is 14.8 Å². The largest absolute Gasteiger partial charge is 0.368 e. The number of rotatable bonds is 4. The summed E-state index contributed by atoms with van der Waals surface area (Å²) in [5.41, 5.74) is 7.39. The molecular weight excluding hydrogens is 242 g/mol. The second kappa shape index (κ2) is 4.62. The normalized spacial score (nSPS) is 12.0. The number of fused-ring (bicyclic) bond motifs is 1. The van der Waals surface area contributed by atoms with Gasteiger partial charge in [-0.05, 0) is 32.4 Å². The Kier molecular flexibility index (Phi) is 3.28. The number of pyridine rings is 1. The summed E-state index contributed by atoms with van der Waals surface area (Å²) in [5, 5.41) is 8.48. The lowest BCUT2D eigenvalue weighted by Gasteiger charge is -2.22. The van der Waals surface area contributed by atoms with Crippen LogP contribution in [0.3, 0.4) is 0 Å². The molecule has 0 saturated carbocycles. The molecule has 2 aromatic rings. The first-order valence-electron chi connectivity index (χ1n) is 6.14. The van der Waals surface area contributed by atoms with Crippen molar-refractivity contribution >= 4 is 16.9 Å². The summed E-state index contributed by atoms with van der Waals surface area (Å²) in [6.07, 6.45) is 1.79. The van der Waals surface area contributed by atoms with Crippen molar-refractivity contribution in [2.75, 3.05) is 0 Å². The van der Waals surface area contributed by atoms with Crippen LogP contribution in [0.1, 0.15) is 25.1 Å². The Hall–Kier alpha value is -1.95. The lowest BCUT2D eigenvalue weighted by molar-refractivity contribution is -0.123. The molecule has 0 aliphatic rings. The highest BCUT2D eigenvalue weighted by Crippen LogP contribution is 2.16. The summed E-state index contributed by atoms with van der Waals surface area (Å²) in [6, 6.07) is 2.04. The lowest BCUT2D eigenvalue weighted by atomic mass is 10.0. The number of amides is 1. The van der Waals surface area contributed by atoms with Crippen LogP contribution in [0.25, 0.3) is 11.0 Å². The zero-order valence-electron chi connectivity index (χ0n) is 11.7. The number of carbonyl (C=O) groups is 1. The standard InChI is InChI=1S/C13H19N5O/c1-8-10-5-9(6-15-11(10)18(4)17-8)7-16-13(2,3)12(14)19/h5-6,16H,7H2,1-4H3,(H2,14,19). The average Bonchev–Trinajstić information content (AvgIpc) is 2.62. The number of nitrogens with zero attached hydrogens (tertiary/aromatic N) is 3. The fourth-order valence-electron chi connectivity index (χ4n) is 1.86. The van der Waals surface area contributed by atoms with Crippen LogP contribution >= 0.6 is 0 Å². The maximum atomic E-state index is 11.2. The highest BCUT2D eigenvalue weighted by Gasteiger charge is 2.23. The van der Waals surface area contributed by atoms with Crippen LogP contribution in [0.2, 0.25) is 0 Å². The van der Waals surface area contributed by atoms with E-state index in [1.54, 1.807) is 24.7 Å². The van der Waals surface area contributed by atoms with E-state index in [9.17, 15) is 4.79 Å². The number of aryl methyl sites for hydroxylation is 2. The topological polar surface area (TPSA) is 85.8 Å². The summed E-state index contributed by atoms with van der Waals surface area (Å²) in [4.78, 5) is 15.6. The third kappa shape index (κ3) is 2.58. The van der Waals surface area contributed by atoms with E-state index in [-0.39, 0.29) is 5.91 Å². The van der Waals surface area contributed by atoms with Crippen molar-refractivity contribution in [2.24, 2.45) is 12.8 Å². The van der Waals surface area contributed by atoms with Gasteiger partial charge in [0, 0.05) is 25.2 Å². The smallest absolute Gasteiger partial charge is 0.237 e. The van der Waals surface area contributed by atoms with Crippen molar-refractivity contribution in [3.63, 3.8) is 0 Å². The van der Waals surface area contributed by atoms with Crippen molar-refractivity contribution in [1.82, 2.24) is 20.1 Å². The van der Waals surface area contributed by atoms with Crippen molar-refractivity contribution < 1.29 is 4.79 Å². The zero-order chi connectivity index (χ0) is 14.2. The first kappa shape index (κ1) is 13.5. The van der Waals surface area contributed by atoms with Crippen LogP contribution in [-0.4, -0.2) is 26.2 Å². The molecule has 0 aliphatic heterocycles. The minimum Gasteiger partial charge on any atom is -0.368 e. The number of nitrogens with one attached hydrogen (secondary N) is 1. The summed E-state index contributed by atoms with van der Waals surface area (Å²) in [7, 11) is 1.87. The van der Waals surface area contributed by atoms with E-state index in [4.69, 9.17) is 5.73 Å². The summed E-state index contributed by atoms with van der Waals surface area (Å²) in [6.45, 7) is 6.01. The molecular formula is C13H19N5O. The third-order valence-electron chi connectivity index (χ3n) is 3.27. The van der Waals surface area contributed by atoms with Gasteiger partial charge in [-0.2, -0.15) is 5.10 Å². The van der Waals surface area contributed by atoms with Crippen molar-refractivity contribution in [2.45, 2.75) is 32.9 Å². The lowest BCUT2D eigenvalue weighted by Crippen LogP contribution is -2.50. The molecule has 3 N–H and O–H groups in total. The minimum atomic E-state index is -0.737. The van der Waals surface area contributed by atoms with Gasteiger partial charge in [-0.25, -0.2) is 4.98 Å². The van der Waals surface area contributed by atoms with Crippen LogP contribution < -0.4 is 11.1 Å². The van der Waals surface area contributed by atoms with Crippen LogP contribution in [0.4, 0.5) is 0 Å². The SMILES string of the molecule is Cc1nn(C)c2ncc(CNC(C)(C)C(N)=O)cc12. The van der Waals surface area contributed by atoms with Gasteiger partial charge in [0.2, 0.25) is 5.91 Å². The van der Waals surface area contributed by atoms with Crippen LogP contribution in [0.5, 0.6) is 0 Å². The van der Waals surface area contributed by atoms with Crippen LogP contribution in [0.15, 0.2) is 12.3 Å². The number of nitrogens with two attached hydrogens (primary N) is 1. The highest BCUT2D eigenvalue weighted by molar-refractivity contribution is 5.83. The van der Waals surface area contributed by atoms with Crippen LogP contribution in [0, 0.1) is 6.92 Å². The molecule has 0 saturated heterocycles. The number of aromatic nitrogens is 3. The van der Waals surface area contributed by atoms with E-state index < -0.39 is 5.54 Å². The Bertz CT molecular complexity index is 629. The molecule has 2 heterocycles. The molecule has 6 nitrogen and oxygen atoms in total. The van der Waals surface area contributed by atoms with Gasteiger partial charge in [-0.1, -0.05) is 0 Å². The summed E-state index contributed by atoms with van der Waals surface area (Å²) in [5.74, 6) is -0.376. The molecule has 0 atom stereocenters. The second-order valence-electron chi connectivity index (χ2n) is 5.27. The fraction of sp³-hybridized carbons (Fsp3) is 0.462. The molecule has 0 fully saturated rings. The molecule has 19 heavy (non-hydrogen) atoms. The summed E-state index contributed by atoms with van der Waals surface area (Å²) < 4.78 is 1.76. The second-order valence-corrected chi connectivity index (χ2v) is 5.27. The van der Waals surface area contributed by atoms with Gasteiger partial charge in [0.25, 0.3) is 0 Å². The Morgan fingerprint density at radius 3 is 2.84 bits per heavy atom.